The van der Waals surface area contributed by atoms with Crippen LogP contribution in [0.2, 0.25) is 0 Å². The van der Waals surface area contributed by atoms with Gasteiger partial charge in [0.05, 0.1) is 5.69 Å². The van der Waals surface area contributed by atoms with E-state index < -0.39 is 5.25 Å². The summed E-state index contributed by atoms with van der Waals surface area (Å²) < 4.78 is 0. The van der Waals surface area contributed by atoms with Crippen molar-refractivity contribution in [3.63, 3.8) is 0 Å². The van der Waals surface area contributed by atoms with Crippen molar-refractivity contribution in [3.05, 3.63) is 71.8 Å². The molecule has 3 aromatic rings. The number of carbonyl (C=O) groups is 2. The lowest BCUT2D eigenvalue weighted by molar-refractivity contribution is -0.128. The van der Waals surface area contributed by atoms with Crippen LogP contribution in [0.15, 0.2) is 65.7 Å². The van der Waals surface area contributed by atoms with E-state index in [0.717, 1.165) is 33.3 Å². The largest absolute Gasteiger partial charge is 0.325 e. The maximum absolute atomic E-state index is 13.2. The molecule has 6 heteroatoms. The molecule has 0 aromatic heterocycles. The van der Waals surface area contributed by atoms with Gasteiger partial charge in [-0.05, 0) is 48.4 Å². The third-order valence-electron chi connectivity index (χ3n) is 5.58. The highest BCUT2D eigenvalue weighted by molar-refractivity contribution is 8.15. The van der Waals surface area contributed by atoms with Gasteiger partial charge in [-0.15, -0.1) is 0 Å². The molecule has 1 atom stereocenters. The highest BCUT2D eigenvalue weighted by Crippen LogP contribution is 2.34. The van der Waals surface area contributed by atoms with Crippen molar-refractivity contribution in [1.29, 1.82) is 0 Å². The van der Waals surface area contributed by atoms with Gasteiger partial charge < -0.3 is 5.32 Å². The van der Waals surface area contributed by atoms with Gasteiger partial charge in [-0.2, -0.15) is 0 Å². The molecule has 1 unspecified atom stereocenters. The van der Waals surface area contributed by atoms with E-state index in [9.17, 15) is 9.59 Å². The van der Waals surface area contributed by atoms with Gasteiger partial charge in [0.15, 0.2) is 5.17 Å². The van der Waals surface area contributed by atoms with Crippen LogP contribution >= 0.6 is 11.8 Å². The smallest absolute Gasteiger partial charge is 0.242 e. The second-order valence-electron chi connectivity index (χ2n) is 8.91. The van der Waals surface area contributed by atoms with Gasteiger partial charge in [0.1, 0.15) is 5.25 Å². The molecule has 0 bridgehead atoms. The van der Waals surface area contributed by atoms with Crippen LogP contribution < -0.4 is 5.32 Å². The molecule has 0 aliphatic carbocycles. The Bertz CT molecular complexity index is 1230. The highest BCUT2D eigenvalue weighted by atomic mass is 32.2. The average molecular weight is 460 g/mol. The predicted octanol–water partition coefficient (Wildman–Crippen LogP) is 6.07. The summed E-state index contributed by atoms with van der Waals surface area (Å²) >= 11 is 1.39. The van der Waals surface area contributed by atoms with E-state index in [1.807, 2.05) is 68.4 Å². The first-order chi connectivity index (χ1) is 15.8. The van der Waals surface area contributed by atoms with Gasteiger partial charge in [-0.1, -0.05) is 74.1 Å². The minimum Gasteiger partial charge on any atom is -0.325 e. The summed E-state index contributed by atoms with van der Waals surface area (Å²) in [5.41, 5.74) is 3.80. The number of rotatable bonds is 6. The molecule has 3 aromatic carbocycles. The number of nitrogens with zero attached hydrogens (tertiary/aromatic N) is 2. The van der Waals surface area contributed by atoms with Crippen LogP contribution in [-0.4, -0.2) is 33.7 Å². The molecule has 1 N–H and O–H groups in total. The number of amidine groups is 1. The van der Waals surface area contributed by atoms with E-state index in [2.05, 4.69) is 25.2 Å². The van der Waals surface area contributed by atoms with E-state index in [1.54, 1.807) is 4.90 Å². The number of carbonyl (C=O) groups excluding carboxylic acids is 2. The Hall–Kier alpha value is -3.12. The molecule has 0 radical (unpaired) electrons. The topological polar surface area (TPSA) is 61.8 Å². The zero-order chi connectivity index (χ0) is 23.5. The number of aryl methyl sites for hydroxylation is 2. The average Bonchev–Trinajstić information content (AvgIpc) is 3.05. The van der Waals surface area contributed by atoms with Crippen LogP contribution in [0.3, 0.4) is 0 Å². The Morgan fingerprint density at radius 1 is 1.09 bits per heavy atom. The number of hydrogen-bond donors (Lipinski definition) is 1. The quantitative estimate of drug-likeness (QED) is 0.486. The van der Waals surface area contributed by atoms with Crippen molar-refractivity contribution in [2.45, 2.75) is 39.4 Å². The Balaban J connectivity index is 1.55. The molecule has 170 valence electrons. The van der Waals surface area contributed by atoms with Crippen LogP contribution in [0.5, 0.6) is 0 Å². The molecule has 1 fully saturated rings. The number of benzene rings is 3. The molecule has 1 saturated heterocycles. The summed E-state index contributed by atoms with van der Waals surface area (Å²) in [5.74, 6) is 0.0714. The van der Waals surface area contributed by atoms with Crippen molar-refractivity contribution >= 4 is 50.9 Å². The normalized spacial score (nSPS) is 17.4. The maximum atomic E-state index is 13.2. The van der Waals surface area contributed by atoms with Crippen molar-refractivity contribution in [1.82, 2.24) is 4.90 Å². The second kappa shape index (κ2) is 9.79. The number of fused-ring (bicyclic) bond motifs is 1. The molecule has 33 heavy (non-hydrogen) atoms. The number of amides is 2. The first kappa shape index (κ1) is 23.1. The molecule has 0 saturated carbocycles. The van der Waals surface area contributed by atoms with E-state index in [0.29, 0.717) is 17.6 Å². The van der Waals surface area contributed by atoms with Crippen molar-refractivity contribution in [2.24, 2.45) is 10.9 Å². The van der Waals surface area contributed by atoms with Crippen molar-refractivity contribution in [3.8, 4) is 0 Å². The Morgan fingerprint density at radius 3 is 2.64 bits per heavy atom. The molecule has 1 aliphatic heterocycles. The zero-order valence-corrected chi connectivity index (χ0v) is 20.3. The van der Waals surface area contributed by atoms with Gasteiger partial charge in [-0.3, -0.25) is 14.5 Å². The van der Waals surface area contributed by atoms with E-state index in [1.165, 1.54) is 11.8 Å². The summed E-state index contributed by atoms with van der Waals surface area (Å²) in [6, 6.07) is 19.9. The van der Waals surface area contributed by atoms with Crippen LogP contribution in [0.1, 0.15) is 31.4 Å². The molecular weight excluding hydrogens is 430 g/mol. The summed E-state index contributed by atoms with van der Waals surface area (Å²) in [4.78, 5) is 32.7. The van der Waals surface area contributed by atoms with Gasteiger partial charge in [-0.25, -0.2) is 4.99 Å². The predicted molar refractivity (Wildman–Crippen MR) is 138 cm³/mol. The summed E-state index contributed by atoms with van der Waals surface area (Å²) in [7, 11) is 0. The summed E-state index contributed by atoms with van der Waals surface area (Å²) in [6.45, 7) is 8.78. The van der Waals surface area contributed by atoms with Gasteiger partial charge in [0.2, 0.25) is 11.8 Å². The second-order valence-corrected chi connectivity index (χ2v) is 10.1. The summed E-state index contributed by atoms with van der Waals surface area (Å²) in [6.07, 6.45) is 0.104. The first-order valence-electron chi connectivity index (χ1n) is 11.2. The number of aliphatic imine (C=N–C) groups is 1. The van der Waals surface area contributed by atoms with Gasteiger partial charge in [0.25, 0.3) is 0 Å². The molecule has 1 heterocycles. The third kappa shape index (κ3) is 5.28. The number of thioether (sulfide) groups is 1. The maximum Gasteiger partial charge on any atom is 0.242 e. The molecule has 4 rings (SSSR count). The lowest BCUT2D eigenvalue weighted by Crippen LogP contribution is -2.36. The van der Waals surface area contributed by atoms with Gasteiger partial charge >= 0.3 is 0 Å². The lowest BCUT2D eigenvalue weighted by Gasteiger charge is -2.19. The Morgan fingerprint density at radius 2 is 1.85 bits per heavy atom. The van der Waals surface area contributed by atoms with Crippen molar-refractivity contribution < 1.29 is 9.59 Å². The van der Waals surface area contributed by atoms with Crippen LogP contribution in [0.4, 0.5) is 11.4 Å². The Labute approximate surface area is 199 Å². The number of anilines is 1. The minimum atomic E-state index is -0.484. The fraction of sp³-hybridized carbons (Fsp3) is 0.296. The van der Waals surface area contributed by atoms with Crippen molar-refractivity contribution in [2.75, 3.05) is 11.9 Å². The zero-order valence-electron chi connectivity index (χ0n) is 19.5. The summed E-state index contributed by atoms with van der Waals surface area (Å²) in [5, 5.41) is 5.24. The highest BCUT2D eigenvalue weighted by Gasteiger charge is 2.39. The van der Waals surface area contributed by atoms with E-state index >= 15 is 0 Å². The molecular formula is C27H29N3O2S. The molecule has 0 spiro atoms. The van der Waals surface area contributed by atoms with Crippen LogP contribution in [-0.2, 0) is 9.59 Å². The number of hydrogen-bond acceptors (Lipinski definition) is 4. The SMILES string of the molecule is Cc1ccc(C)c(N=C2SC(CC(=O)Nc3cccc4ccccc34)C(=O)N2CC(C)C)c1. The van der Waals surface area contributed by atoms with Crippen LogP contribution in [0.25, 0.3) is 10.8 Å². The van der Waals surface area contributed by atoms with Gasteiger partial charge in [0, 0.05) is 24.0 Å². The third-order valence-corrected chi connectivity index (χ3v) is 6.76. The fourth-order valence-electron chi connectivity index (χ4n) is 3.91. The first-order valence-corrected chi connectivity index (χ1v) is 12.1. The minimum absolute atomic E-state index is 0.0502. The molecule has 5 nitrogen and oxygen atoms in total. The molecule has 1 aliphatic rings. The Kier molecular flexibility index (Phi) is 6.84. The van der Waals surface area contributed by atoms with E-state index in [-0.39, 0.29) is 18.2 Å². The lowest BCUT2D eigenvalue weighted by atomic mass is 10.1. The van der Waals surface area contributed by atoms with E-state index in [4.69, 9.17) is 4.99 Å². The monoisotopic (exact) mass is 459 g/mol. The number of nitrogens with one attached hydrogen (secondary N) is 1. The standard InChI is InChI=1S/C27H29N3O2S/c1-17(2)16-30-26(32)24(33-27(30)29-23-14-18(3)12-13-19(23)4)15-25(31)28-22-11-7-9-20-8-5-6-10-21(20)22/h5-14,17,24H,15-16H2,1-4H3,(H,28,31). The fourth-order valence-corrected chi connectivity index (χ4v) is 5.07. The van der Waals surface area contributed by atoms with Crippen LogP contribution in [0, 0.1) is 19.8 Å². The molecule has 2 amide bonds.